The van der Waals surface area contributed by atoms with Crippen LogP contribution in [-0.4, -0.2) is 53.0 Å². The Hall–Kier alpha value is -2.32. The van der Waals surface area contributed by atoms with E-state index in [4.69, 9.17) is 28.9 Å². The molecule has 3 rings (SSSR count). The highest BCUT2D eigenvalue weighted by Gasteiger charge is 2.34. The molecule has 2 unspecified atom stereocenters. The minimum atomic E-state index is -0.648. The molecule has 2 atom stereocenters. The summed E-state index contributed by atoms with van der Waals surface area (Å²) in [6.07, 6.45) is 2.85. The minimum absolute atomic E-state index is 0.0608. The van der Waals surface area contributed by atoms with Crippen molar-refractivity contribution in [3.63, 3.8) is 0 Å². The van der Waals surface area contributed by atoms with E-state index in [1.165, 1.54) is 6.33 Å². The van der Waals surface area contributed by atoms with Crippen LogP contribution >= 0.6 is 23.2 Å². The Morgan fingerprint density at radius 3 is 2.72 bits per heavy atom. The molecule has 0 spiro atoms. The molecule has 1 aromatic carbocycles. The first-order chi connectivity index (χ1) is 13.8. The molecule has 10 heteroatoms. The van der Waals surface area contributed by atoms with Crippen LogP contribution in [0.2, 0.25) is 10.0 Å². The van der Waals surface area contributed by atoms with Crippen molar-refractivity contribution in [2.75, 3.05) is 36.1 Å². The molecule has 1 aliphatic heterocycles. The Morgan fingerprint density at radius 2 is 2.03 bits per heavy atom. The van der Waals surface area contributed by atoms with Gasteiger partial charge in [0.15, 0.2) is 11.6 Å². The molecule has 2 heterocycles. The summed E-state index contributed by atoms with van der Waals surface area (Å²) in [5, 5.41) is 4.05. The van der Waals surface area contributed by atoms with E-state index in [9.17, 15) is 9.18 Å². The molecule has 0 radical (unpaired) electrons. The van der Waals surface area contributed by atoms with Crippen molar-refractivity contribution in [1.29, 1.82) is 0 Å². The van der Waals surface area contributed by atoms with Gasteiger partial charge in [-0.15, -0.1) is 0 Å². The molecule has 1 amide bonds. The second kappa shape index (κ2) is 9.00. The zero-order chi connectivity index (χ0) is 21.1. The van der Waals surface area contributed by atoms with E-state index in [1.807, 2.05) is 6.92 Å². The van der Waals surface area contributed by atoms with Gasteiger partial charge in [-0.1, -0.05) is 23.2 Å². The Morgan fingerprint density at radius 1 is 1.34 bits per heavy atom. The van der Waals surface area contributed by atoms with Crippen LogP contribution in [0.5, 0.6) is 0 Å². The number of likely N-dealkylation sites (N-methyl/N-ethyl adjacent to an activating group) is 1. The maximum absolute atomic E-state index is 14.4. The summed E-state index contributed by atoms with van der Waals surface area (Å²) in [6.45, 7) is 2.69. The summed E-state index contributed by atoms with van der Waals surface area (Å²) in [5.74, 6) is -0.766. The lowest BCUT2D eigenvalue weighted by atomic mass is 9.96. The van der Waals surface area contributed by atoms with E-state index in [1.54, 1.807) is 35.0 Å². The van der Waals surface area contributed by atoms with Crippen LogP contribution in [0.4, 0.5) is 21.7 Å². The van der Waals surface area contributed by atoms with E-state index in [0.717, 1.165) is 12.8 Å². The lowest BCUT2D eigenvalue weighted by Gasteiger charge is -2.43. The minimum Gasteiger partial charge on any atom is -0.381 e. The Balaban J connectivity index is 1.69. The first kappa shape index (κ1) is 21.4. The van der Waals surface area contributed by atoms with E-state index in [0.29, 0.717) is 22.3 Å². The van der Waals surface area contributed by atoms with Crippen LogP contribution < -0.4 is 16.0 Å². The molecular weight excluding hydrogens is 418 g/mol. The molecule has 0 aliphatic carbocycles. The van der Waals surface area contributed by atoms with E-state index >= 15 is 0 Å². The average Bonchev–Trinajstić information content (AvgIpc) is 2.67. The fraction of sp³-hybridized carbons (Fsp3) is 0.421. The molecule has 1 fully saturated rings. The standard InChI is InChI=1S/C19H23Cl2FN6O/c1-11-15(27(2)19-17(22)18(23)25-10-26-19)4-3-5-28(11)16(29)9-24-14-7-12(20)6-13(21)8-14/h6-8,10-11,15,24H,3-5,9H2,1-2H3,(H2,23,25,26). The monoisotopic (exact) mass is 440 g/mol. The number of likely N-dealkylation sites (tertiary alicyclic amines) is 1. The van der Waals surface area contributed by atoms with E-state index < -0.39 is 5.82 Å². The quantitative estimate of drug-likeness (QED) is 0.740. The molecule has 1 saturated heterocycles. The molecule has 1 aliphatic rings. The highest BCUT2D eigenvalue weighted by atomic mass is 35.5. The number of carbonyl (C=O) groups excluding carboxylic acids is 1. The van der Waals surface area contributed by atoms with Crippen LogP contribution in [-0.2, 0) is 4.79 Å². The van der Waals surface area contributed by atoms with Crippen LogP contribution in [0.1, 0.15) is 19.8 Å². The van der Waals surface area contributed by atoms with Gasteiger partial charge in [-0.2, -0.15) is 4.39 Å². The maximum atomic E-state index is 14.4. The molecule has 7 nitrogen and oxygen atoms in total. The third-order valence-corrected chi connectivity index (χ3v) is 5.64. The lowest BCUT2D eigenvalue weighted by Crippen LogP contribution is -2.56. The Bertz CT molecular complexity index is 879. The van der Waals surface area contributed by atoms with Gasteiger partial charge in [0, 0.05) is 35.4 Å². The predicted octanol–water partition coefficient (Wildman–Crippen LogP) is 3.43. The van der Waals surface area contributed by atoms with Gasteiger partial charge >= 0.3 is 0 Å². The molecule has 29 heavy (non-hydrogen) atoms. The number of halogens is 3. The highest BCUT2D eigenvalue weighted by molar-refractivity contribution is 6.35. The second-order valence-corrected chi connectivity index (χ2v) is 7.93. The molecule has 2 aromatic rings. The number of rotatable bonds is 5. The molecule has 3 N–H and O–H groups in total. The third-order valence-electron chi connectivity index (χ3n) is 5.20. The highest BCUT2D eigenvalue weighted by Crippen LogP contribution is 2.28. The zero-order valence-corrected chi connectivity index (χ0v) is 17.7. The third kappa shape index (κ3) is 4.82. The van der Waals surface area contributed by atoms with Crippen molar-refractivity contribution in [3.8, 4) is 0 Å². The van der Waals surface area contributed by atoms with Gasteiger partial charge in [0.1, 0.15) is 6.33 Å². The number of nitrogens with zero attached hydrogens (tertiary/aromatic N) is 4. The van der Waals surface area contributed by atoms with E-state index in [-0.39, 0.29) is 36.2 Å². The van der Waals surface area contributed by atoms with Gasteiger partial charge in [0.05, 0.1) is 12.6 Å². The summed E-state index contributed by atoms with van der Waals surface area (Å²) >= 11 is 12.0. The number of benzene rings is 1. The number of piperidine rings is 1. The Labute approximate surface area is 179 Å². The van der Waals surface area contributed by atoms with E-state index in [2.05, 4.69) is 15.3 Å². The fourth-order valence-electron chi connectivity index (χ4n) is 3.70. The summed E-state index contributed by atoms with van der Waals surface area (Å²) in [5.41, 5.74) is 6.24. The van der Waals surface area contributed by atoms with Gasteiger partial charge in [0.25, 0.3) is 0 Å². The fourth-order valence-corrected chi connectivity index (χ4v) is 4.23. The maximum Gasteiger partial charge on any atom is 0.242 e. The number of carbonyl (C=O) groups is 1. The molecule has 0 bridgehead atoms. The number of anilines is 3. The number of hydrogen-bond donors (Lipinski definition) is 2. The van der Waals surface area contributed by atoms with Crippen molar-refractivity contribution in [2.45, 2.75) is 31.8 Å². The number of nitrogens with one attached hydrogen (secondary N) is 1. The smallest absolute Gasteiger partial charge is 0.242 e. The summed E-state index contributed by atoms with van der Waals surface area (Å²) < 4.78 is 14.4. The molecule has 1 aromatic heterocycles. The zero-order valence-electron chi connectivity index (χ0n) is 16.2. The van der Waals surface area contributed by atoms with Gasteiger partial charge < -0.3 is 20.9 Å². The molecular formula is C19H23Cl2FN6O. The van der Waals surface area contributed by atoms with Crippen molar-refractivity contribution in [2.24, 2.45) is 0 Å². The van der Waals surface area contributed by atoms with Crippen molar-refractivity contribution >= 4 is 46.4 Å². The SMILES string of the molecule is CC1C(N(C)c2ncnc(N)c2F)CCCN1C(=O)CNc1cc(Cl)cc(Cl)c1. The predicted molar refractivity (Wildman–Crippen MR) is 114 cm³/mol. The Kier molecular flexibility index (Phi) is 6.64. The van der Waals surface area contributed by atoms with Gasteiger partial charge in [-0.3, -0.25) is 4.79 Å². The number of nitrogen functional groups attached to an aromatic ring is 1. The second-order valence-electron chi connectivity index (χ2n) is 7.06. The number of amides is 1. The summed E-state index contributed by atoms with van der Waals surface area (Å²) in [4.78, 5) is 24.1. The average molecular weight is 441 g/mol. The normalized spacial score (nSPS) is 19.1. The molecule has 156 valence electrons. The summed E-state index contributed by atoms with van der Waals surface area (Å²) in [6, 6.07) is 4.81. The largest absolute Gasteiger partial charge is 0.381 e. The van der Waals surface area contributed by atoms with Crippen molar-refractivity contribution in [3.05, 3.63) is 40.4 Å². The number of nitrogens with two attached hydrogens (primary N) is 1. The lowest BCUT2D eigenvalue weighted by molar-refractivity contribution is -0.132. The number of hydrogen-bond acceptors (Lipinski definition) is 6. The van der Waals surface area contributed by atoms with Crippen molar-refractivity contribution in [1.82, 2.24) is 14.9 Å². The van der Waals surface area contributed by atoms with Crippen LogP contribution in [0, 0.1) is 5.82 Å². The first-order valence-electron chi connectivity index (χ1n) is 9.26. The first-order valence-corrected chi connectivity index (χ1v) is 10.0. The van der Waals surface area contributed by atoms with Crippen molar-refractivity contribution < 1.29 is 9.18 Å². The molecule has 0 saturated carbocycles. The summed E-state index contributed by atoms with van der Waals surface area (Å²) in [7, 11) is 1.76. The van der Waals surface area contributed by atoms with Crippen LogP contribution in [0.25, 0.3) is 0 Å². The number of aromatic nitrogens is 2. The van der Waals surface area contributed by atoms with Crippen LogP contribution in [0.15, 0.2) is 24.5 Å². The van der Waals surface area contributed by atoms with Crippen LogP contribution in [0.3, 0.4) is 0 Å². The topological polar surface area (TPSA) is 87.4 Å². The van der Waals surface area contributed by atoms with Gasteiger partial charge in [-0.25, -0.2) is 9.97 Å². The van der Waals surface area contributed by atoms with Gasteiger partial charge in [0.2, 0.25) is 11.7 Å². The van der Waals surface area contributed by atoms with Gasteiger partial charge in [-0.05, 0) is 38.0 Å².